The van der Waals surface area contributed by atoms with Gasteiger partial charge in [0.05, 0.1) is 6.61 Å². The maximum Gasteiger partial charge on any atom is 0.451 e. The van der Waals surface area contributed by atoms with Gasteiger partial charge in [-0.1, -0.05) is 0 Å². The van der Waals surface area contributed by atoms with Crippen molar-refractivity contribution in [1.29, 1.82) is 0 Å². The molecule has 1 fully saturated rings. The fourth-order valence-electron chi connectivity index (χ4n) is 2.41. The van der Waals surface area contributed by atoms with E-state index >= 15 is 0 Å². The summed E-state index contributed by atoms with van der Waals surface area (Å²) in [5, 5.41) is 2.82. The van der Waals surface area contributed by atoms with E-state index in [2.05, 4.69) is 15.3 Å². The van der Waals surface area contributed by atoms with E-state index in [0.717, 1.165) is 6.42 Å². The molecule has 2 rings (SSSR count). The lowest BCUT2D eigenvalue weighted by molar-refractivity contribution is -0.144. The van der Waals surface area contributed by atoms with Crippen LogP contribution in [0.1, 0.15) is 19.2 Å². The molecule has 0 aromatic carbocycles. The SMILES string of the molecule is CCNc1cc(N2CCC(COC)C2)nc(C(F)(F)F)n1. The smallest absolute Gasteiger partial charge is 0.384 e. The summed E-state index contributed by atoms with van der Waals surface area (Å²) in [6, 6.07) is 1.56. The minimum atomic E-state index is -4.55. The van der Waals surface area contributed by atoms with Crippen LogP contribution in [0.4, 0.5) is 24.8 Å². The van der Waals surface area contributed by atoms with Crippen LogP contribution in [0.2, 0.25) is 0 Å². The third-order valence-corrected chi connectivity index (χ3v) is 3.34. The molecule has 5 nitrogen and oxygen atoms in total. The summed E-state index contributed by atoms with van der Waals surface area (Å²) < 4.78 is 43.7. The Hall–Kier alpha value is -1.57. The van der Waals surface area contributed by atoms with Crippen LogP contribution in [0.3, 0.4) is 0 Å². The quantitative estimate of drug-likeness (QED) is 0.905. The number of halogens is 3. The fourth-order valence-corrected chi connectivity index (χ4v) is 2.41. The van der Waals surface area contributed by atoms with E-state index in [1.807, 2.05) is 4.90 Å². The zero-order chi connectivity index (χ0) is 15.5. The predicted octanol–water partition coefficient (Wildman–Crippen LogP) is 2.40. The van der Waals surface area contributed by atoms with Crippen molar-refractivity contribution in [3.05, 3.63) is 11.9 Å². The Morgan fingerprint density at radius 3 is 2.81 bits per heavy atom. The molecule has 1 aliphatic heterocycles. The van der Waals surface area contributed by atoms with Gasteiger partial charge in [0.1, 0.15) is 11.6 Å². The molecule has 0 aliphatic carbocycles. The molecule has 0 bridgehead atoms. The van der Waals surface area contributed by atoms with E-state index in [1.54, 1.807) is 20.1 Å². The first kappa shape index (κ1) is 15.8. The lowest BCUT2D eigenvalue weighted by Crippen LogP contribution is -2.24. The summed E-state index contributed by atoms with van der Waals surface area (Å²) in [4.78, 5) is 9.04. The number of rotatable bonds is 5. The van der Waals surface area contributed by atoms with Crippen molar-refractivity contribution in [1.82, 2.24) is 9.97 Å². The van der Waals surface area contributed by atoms with Gasteiger partial charge in [0.2, 0.25) is 5.82 Å². The van der Waals surface area contributed by atoms with Crippen LogP contribution in [0, 0.1) is 5.92 Å². The molecule has 1 saturated heterocycles. The maximum atomic E-state index is 12.9. The zero-order valence-electron chi connectivity index (χ0n) is 12.1. The first-order valence-corrected chi connectivity index (χ1v) is 6.88. The molecule has 0 amide bonds. The first-order valence-electron chi connectivity index (χ1n) is 6.88. The molecule has 0 spiro atoms. The van der Waals surface area contributed by atoms with Gasteiger partial charge in [-0.3, -0.25) is 0 Å². The number of methoxy groups -OCH3 is 1. The van der Waals surface area contributed by atoms with Crippen LogP contribution < -0.4 is 10.2 Å². The highest BCUT2D eigenvalue weighted by molar-refractivity contribution is 5.50. The van der Waals surface area contributed by atoms with E-state index < -0.39 is 12.0 Å². The second-order valence-electron chi connectivity index (χ2n) is 5.02. The standard InChI is InChI=1S/C13H19F3N4O/c1-3-17-10-6-11(19-12(18-10)13(14,15)16)20-5-4-9(7-20)8-21-2/h6,9H,3-5,7-8H2,1-2H3,(H,17,18,19). The third kappa shape index (κ3) is 3.96. The highest BCUT2D eigenvalue weighted by atomic mass is 19.4. The molecule has 0 radical (unpaired) electrons. The Kier molecular flexibility index (Phi) is 4.87. The van der Waals surface area contributed by atoms with Gasteiger partial charge in [-0.25, -0.2) is 9.97 Å². The molecule has 1 aliphatic rings. The molecule has 2 heterocycles. The van der Waals surface area contributed by atoms with Crippen LogP contribution in [0.25, 0.3) is 0 Å². The third-order valence-electron chi connectivity index (χ3n) is 3.34. The Morgan fingerprint density at radius 1 is 1.43 bits per heavy atom. The molecular formula is C13H19F3N4O. The molecule has 118 valence electrons. The number of aromatic nitrogens is 2. The molecule has 8 heteroatoms. The number of hydrogen-bond acceptors (Lipinski definition) is 5. The Morgan fingerprint density at radius 2 is 2.19 bits per heavy atom. The van der Waals surface area contributed by atoms with Gasteiger partial charge in [-0.2, -0.15) is 13.2 Å². The van der Waals surface area contributed by atoms with Gasteiger partial charge in [0, 0.05) is 38.7 Å². The summed E-state index contributed by atoms with van der Waals surface area (Å²) in [5.41, 5.74) is 0. The van der Waals surface area contributed by atoms with Gasteiger partial charge in [-0.05, 0) is 13.3 Å². The van der Waals surface area contributed by atoms with Gasteiger partial charge >= 0.3 is 6.18 Å². The second kappa shape index (κ2) is 6.46. The summed E-state index contributed by atoms with van der Waals surface area (Å²) in [6.45, 7) is 4.23. The lowest BCUT2D eigenvalue weighted by Gasteiger charge is -2.19. The zero-order valence-corrected chi connectivity index (χ0v) is 12.1. The maximum absolute atomic E-state index is 12.9. The van der Waals surface area contributed by atoms with Gasteiger partial charge in [0.25, 0.3) is 0 Å². The molecule has 21 heavy (non-hydrogen) atoms. The number of hydrogen-bond donors (Lipinski definition) is 1. The Balaban J connectivity index is 2.24. The molecule has 1 aromatic heterocycles. The van der Waals surface area contributed by atoms with Crippen LogP contribution in [0.15, 0.2) is 6.07 Å². The minimum absolute atomic E-state index is 0.199. The highest BCUT2D eigenvalue weighted by Gasteiger charge is 2.36. The lowest BCUT2D eigenvalue weighted by atomic mass is 10.1. The van der Waals surface area contributed by atoms with Crippen molar-refractivity contribution in [2.75, 3.05) is 43.6 Å². The van der Waals surface area contributed by atoms with Crippen LogP contribution in [-0.2, 0) is 10.9 Å². The average Bonchev–Trinajstić information content (AvgIpc) is 2.87. The largest absolute Gasteiger partial charge is 0.451 e. The summed E-state index contributed by atoms with van der Waals surface area (Å²) in [5.74, 6) is -0.273. The molecule has 0 saturated carbocycles. The predicted molar refractivity (Wildman–Crippen MR) is 73.4 cm³/mol. The monoisotopic (exact) mass is 304 g/mol. The summed E-state index contributed by atoms with van der Waals surface area (Å²) in [6.07, 6.45) is -3.67. The second-order valence-corrected chi connectivity index (χ2v) is 5.02. The van der Waals surface area contributed by atoms with Crippen molar-refractivity contribution >= 4 is 11.6 Å². The fraction of sp³-hybridized carbons (Fsp3) is 0.692. The van der Waals surface area contributed by atoms with Crippen molar-refractivity contribution in [2.45, 2.75) is 19.5 Å². The Labute approximate surface area is 121 Å². The molecular weight excluding hydrogens is 285 g/mol. The van der Waals surface area contributed by atoms with Gasteiger partial charge < -0.3 is 15.0 Å². The van der Waals surface area contributed by atoms with E-state index in [0.29, 0.717) is 38.0 Å². The van der Waals surface area contributed by atoms with Crippen molar-refractivity contribution in [2.24, 2.45) is 5.92 Å². The average molecular weight is 304 g/mol. The summed E-state index contributed by atoms with van der Waals surface area (Å²) >= 11 is 0. The molecule has 1 atom stereocenters. The first-order chi connectivity index (χ1) is 9.94. The highest BCUT2D eigenvalue weighted by Crippen LogP contribution is 2.31. The van der Waals surface area contributed by atoms with Crippen molar-refractivity contribution in [3.63, 3.8) is 0 Å². The normalized spacial score (nSPS) is 19.1. The number of nitrogens with zero attached hydrogens (tertiary/aromatic N) is 3. The van der Waals surface area contributed by atoms with E-state index in [1.165, 1.54) is 0 Å². The summed E-state index contributed by atoms with van der Waals surface area (Å²) in [7, 11) is 1.62. The van der Waals surface area contributed by atoms with Crippen LogP contribution in [0.5, 0.6) is 0 Å². The minimum Gasteiger partial charge on any atom is -0.384 e. The van der Waals surface area contributed by atoms with Crippen molar-refractivity contribution in [3.8, 4) is 0 Å². The molecule has 1 aromatic rings. The number of nitrogens with one attached hydrogen (secondary N) is 1. The molecule has 1 N–H and O–H groups in total. The topological polar surface area (TPSA) is 50.3 Å². The molecule has 1 unspecified atom stereocenters. The van der Waals surface area contributed by atoms with E-state index in [4.69, 9.17) is 4.74 Å². The van der Waals surface area contributed by atoms with Gasteiger partial charge in [-0.15, -0.1) is 0 Å². The number of anilines is 2. The van der Waals surface area contributed by atoms with Crippen LogP contribution >= 0.6 is 0 Å². The van der Waals surface area contributed by atoms with Crippen molar-refractivity contribution < 1.29 is 17.9 Å². The van der Waals surface area contributed by atoms with Crippen LogP contribution in [-0.4, -0.2) is 43.3 Å². The Bertz CT molecular complexity index is 481. The van der Waals surface area contributed by atoms with E-state index in [-0.39, 0.29) is 5.82 Å². The number of alkyl halides is 3. The number of ether oxygens (including phenoxy) is 1. The van der Waals surface area contributed by atoms with E-state index in [9.17, 15) is 13.2 Å². The van der Waals surface area contributed by atoms with Gasteiger partial charge in [0.15, 0.2) is 0 Å².